The topological polar surface area (TPSA) is 58.6 Å². The number of amides is 2. The smallest absolute Gasteiger partial charge is 0.408 e. The summed E-state index contributed by atoms with van der Waals surface area (Å²) in [4.78, 5) is 27.9. The molecule has 4 rings (SSSR count). The third-order valence-electron chi connectivity index (χ3n) is 7.52. The van der Waals surface area contributed by atoms with E-state index in [4.69, 9.17) is 16.3 Å². The zero-order valence-corrected chi connectivity index (χ0v) is 21.6. The Morgan fingerprint density at radius 2 is 1.73 bits per heavy atom. The number of halogens is 2. The number of carbonyl (C=O) groups is 2. The van der Waals surface area contributed by atoms with Crippen molar-refractivity contribution >= 4 is 23.6 Å². The average molecular weight is 498 g/mol. The quantitative estimate of drug-likeness (QED) is 0.501. The van der Waals surface area contributed by atoms with Crippen LogP contribution in [0.2, 0.25) is 5.02 Å². The normalized spacial score (nSPS) is 21.8. The first-order chi connectivity index (χ1) is 15.1. The summed E-state index contributed by atoms with van der Waals surface area (Å²) in [6.45, 7) is 10.9. The van der Waals surface area contributed by atoms with Crippen LogP contribution in [0, 0.1) is 0 Å². The molecule has 3 aliphatic heterocycles. The van der Waals surface area contributed by atoms with Gasteiger partial charge in [0, 0.05) is 37.4 Å². The summed E-state index contributed by atoms with van der Waals surface area (Å²) < 4.78 is 6.73. The second-order valence-electron chi connectivity index (χ2n) is 10.9. The Bertz CT molecular complexity index is 839. The molecule has 6 nitrogen and oxygen atoms in total. The first kappa shape index (κ1) is 26.1. The predicted molar refractivity (Wildman–Crippen MR) is 126 cm³/mol. The van der Waals surface area contributed by atoms with Gasteiger partial charge in [0.1, 0.15) is 18.2 Å². The maximum atomic E-state index is 13.5. The fraction of sp³-hybridized carbons (Fsp3) is 0.680. The van der Waals surface area contributed by atoms with Crippen molar-refractivity contribution in [2.24, 2.45) is 0 Å². The Labute approximate surface area is 209 Å². The Morgan fingerprint density at radius 3 is 2.30 bits per heavy atom. The van der Waals surface area contributed by atoms with Crippen LogP contribution in [0.5, 0.6) is 0 Å². The zero-order valence-electron chi connectivity index (χ0n) is 20.0. The van der Waals surface area contributed by atoms with E-state index in [2.05, 4.69) is 5.32 Å². The van der Waals surface area contributed by atoms with Crippen molar-refractivity contribution in [1.82, 2.24) is 10.2 Å². The molecule has 1 atom stereocenters. The standard InChI is InChI=1S/C25H36ClN3O3.ClH/c1-24(2,3)32-23(31)27-21(17-19-7-9-20(26)10-8-19)22(30)28-13-11-25(12-14-28)18-29(25)15-5-4-6-16-29;/h7-10,21H,4-6,11-18H2,1-3H3;1H/t21-;/m1./s1. The summed E-state index contributed by atoms with van der Waals surface area (Å²) in [6.07, 6.45) is 6.04. The summed E-state index contributed by atoms with van der Waals surface area (Å²) in [5.74, 6) is -0.0218. The van der Waals surface area contributed by atoms with Crippen LogP contribution in [0.3, 0.4) is 0 Å². The molecular formula is C25H37Cl2N3O3. The van der Waals surface area contributed by atoms with E-state index in [1.54, 1.807) is 0 Å². The van der Waals surface area contributed by atoms with E-state index in [1.165, 1.54) is 43.4 Å². The molecule has 8 heteroatoms. The number of hydrogen-bond acceptors (Lipinski definition) is 3. The van der Waals surface area contributed by atoms with Gasteiger partial charge in [-0.15, -0.1) is 0 Å². The summed E-state index contributed by atoms with van der Waals surface area (Å²) in [6, 6.07) is 6.77. The average Bonchev–Trinajstić information content (AvgIpc) is 3.31. The van der Waals surface area contributed by atoms with Crippen molar-refractivity contribution < 1.29 is 31.2 Å². The van der Waals surface area contributed by atoms with Gasteiger partial charge in [0.15, 0.2) is 5.54 Å². The molecule has 1 aromatic rings. The van der Waals surface area contributed by atoms with Gasteiger partial charge in [-0.1, -0.05) is 23.7 Å². The van der Waals surface area contributed by atoms with Crippen molar-refractivity contribution in [2.45, 2.75) is 76.5 Å². The third-order valence-corrected chi connectivity index (χ3v) is 7.77. The number of ether oxygens (including phenoxy) is 1. The van der Waals surface area contributed by atoms with Crippen molar-refractivity contribution in [3.05, 3.63) is 34.9 Å². The van der Waals surface area contributed by atoms with E-state index in [-0.39, 0.29) is 18.3 Å². The van der Waals surface area contributed by atoms with E-state index < -0.39 is 17.7 Å². The maximum absolute atomic E-state index is 13.5. The van der Waals surface area contributed by atoms with Gasteiger partial charge in [0.2, 0.25) is 5.91 Å². The third kappa shape index (κ3) is 5.95. The molecule has 2 amide bonds. The number of alkyl carbamates (subject to hydrolysis) is 1. The van der Waals surface area contributed by atoms with Gasteiger partial charge in [0.05, 0.1) is 13.1 Å². The van der Waals surface area contributed by atoms with Crippen molar-refractivity contribution in [1.29, 1.82) is 0 Å². The molecule has 0 aliphatic carbocycles. The lowest BCUT2D eigenvalue weighted by Gasteiger charge is -2.37. The van der Waals surface area contributed by atoms with Crippen LogP contribution in [0.1, 0.15) is 58.4 Å². The summed E-state index contributed by atoms with van der Waals surface area (Å²) >= 11 is 6.02. The summed E-state index contributed by atoms with van der Waals surface area (Å²) in [5.41, 5.74) is 0.743. The van der Waals surface area contributed by atoms with Gasteiger partial charge in [-0.2, -0.15) is 0 Å². The lowest BCUT2D eigenvalue weighted by Crippen LogP contribution is -3.00. The first-order valence-corrected chi connectivity index (χ1v) is 12.4. The number of carbonyl (C=O) groups excluding carboxylic acids is 2. The fourth-order valence-corrected chi connectivity index (χ4v) is 5.91. The highest BCUT2D eigenvalue weighted by molar-refractivity contribution is 6.30. The number of rotatable bonds is 4. The molecule has 3 heterocycles. The second-order valence-corrected chi connectivity index (χ2v) is 11.3. The highest BCUT2D eigenvalue weighted by Gasteiger charge is 2.69. The fourth-order valence-electron chi connectivity index (χ4n) is 5.78. The number of likely N-dealkylation sites (tertiary alicyclic amines) is 1. The van der Waals surface area contributed by atoms with Crippen LogP contribution in [-0.4, -0.2) is 71.3 Å². The molecule has 0 unspecified atom stereocenters. The molecule has 0 bridgehead atoms. The number of nitrogens with zero attached hydrogens (tertiary/aromatic N) is 2. The van der Waals surface area contributed by atoms with Crippen LogP contribution in [-0.2, 0) is 16.0 Å². The molecule has 3 fully saturated rings. The van der Waals surface area contributed by atoms with Crippen LogP contribution >= 0.6 is 11.6 Å². The minimum atomic E-state index is -0.655. The second kappa shape index (κ2) is 10.0. The van der Waals surface area contributed by atoms with Crippen LogP contribution in [0.15, 0.2) is 24.3 Å². The summed E-state index contributed by atoms with van der Waals surface area (Å²) in [7, 11) is 0. The molecule has 2 spiro atoms. The van der Waals surface area contributed by atoms with E-state index in [0.717, 1.165) is 31.5 Å². The van der Waals surface area contributed by atoms with Gasteiger partial charge in [-0.3, -0.25) is 4.79 Å². The monoisotopic (exact) mass is 497 g/mol. The van der Waals surface area contributed by atoms with Gasteiger partial charge in [0.25, 0.3) is 0 Å². The first-order valence-electron chi connectivity index (χ1n) is 12.0. The largest absolute Gasteiger partial charge is 1.00 e. The molecule has 3 aliphatic rings. The van der Waals surface area contributed by atoms with E-state index >= 15 is 0 Å². The molecule has 1 N–H and O–H groups in total. The van der Waals surface area contributed by atoms with Crippen molar-refractivity contribution in [3.63, 3.8) is 0 Å². The Morgan fingerprint density at radius 1 is 1.12 bits per heavy atom. The van der Waals surface area contributed by atoms with Gasteiger partial charge < -0.3 is 31.8 Å². The molecule has 1 aromatic carbocycles. The molecule has 0 aromatic heterocycles. The number of fused-ring (bicyclic) bond motifs is 1. The Kier molecular flexibility index (Phi) is 7.92. The highest BCUT2D eigenvalue weighted by Crippen LogP contribution is 2.52. The molecule has 33 heavy (non-hydrogen) atoms. The van der Waals surface area contributed by atoms with Crippen LogP contribution in [0.25, 0.3) is 0 Å². The molecule has 3 saturated heterocycles. The number of piperidine rings is 2. The van der Waals surface area contributed by atoms with Crippen LogP contribution < -0.4 is 17.7 Å². The Hall–Kier alpha value is -1.50. The zero-order chi connectivity index (χ0) is 23.0. The lowest BCUT2D eigenvalue weighted by molar-refractivity contribution is -0.836. The number of benzene rings is 1. The SMILES string of the molecule is CC(C)(C)OC(=O)N[C@H](Cc1ccc(Cl)cc1)C(=O)N1CCC2(CC1)C[N+]21CCCCC1.[Cl-]. The van der Waals surface area contributed by atoms with Gasteiger partial charge in [-0.05, 0) is 57.7 Å². The Balaban J connectivity index is 0.00000306. The number of nitrogens with one attached hydrogen (secondary N) is 1. The molecule has 184 valence electrons. The van der Waals surface area contributed by atoms with E-state index in [1.807, 2.05) is 49.9 Å². The number of quaternary nitrogens is 1. The van der Waals surface area contributed by atoms with Gasteiger partial charge >= 0.3 is 6.09 Å². The number of hydrogen-bond donors (Lipinski definition) is 1. The molecule has 0 radical (unpaired) electrons. The molecular weight excluding hydrogens is 461 g/mol. The minimum Gasteiger partial charge on any atom is -1.00 e. The summed E-state index contributed by atoms with van der Waals surface area (Å²) in [5, 5.41) is 3.49. The van der Waals surface area contributed by atoms with Crippen molar-refractivity contribution in [2.75, 3.05) is 32.7 Å². The van der Waals surface area contributed by atoms with E-state index in [0.29, 0.717) is 17.0 Å². The van der Waals surface area contributed by atoms with E-state index in [9.17, 15) is 9.59 Å². The van der Waals surface area contributed by atoms with Crippen molar-refractivity contribution in [3.8, 4) is 0 Å². The minimum absolute atomic E-state index is 0. The van der Waals surface area contributed by atoms with Crippen LogP contribution in [0.4, 0.5) is 4.79 Å². The predicted octanol–water partition coefficient (Wildman–Crippen LogP) is 1.16. The lowest BCUT2D eigenvalue weighted by atomic mass is 9.94. The van der Waals surface area contributed by atoms with Gasteiger partial charge in [-0.25, -0.2) is 4.79 Å². The molecule has 0 saturated carbocycles. The maximum Gasteiger partial charge on any atom is 0.408 e. The highest BCUT2D eigenvalue weighted by atomic mass is 35.5.